The average Bonchev–Trinajstić information content (AvgIpc) is 3.19. The highest BCUT2D eigenvalue weighted by Gasteiger charge is 2.03. The van der Waals surface area contributed by atoms with E-state index in [9.17, 15) is 0 Å². The molecular formula is C20H14ClN5S. The van der Waals surface area contributed by atoms with E-state index >= 15 is 0 Å². The Kier molecular flexibility index (Phi) is 5.18. The summed E-state index contributed by atoms with van der Waals surface area (Å²) >= 11 is 7.28. The molecule has 0 spiro atoms. The maximum Gasteiger partial charge on any atom is 0.203 e. The van der Waals surface area contributed by atoms with Crippen LogP contribution in [0.3, 0.4) is 0 Å². The number of aromatic nitrogens is 3. The summed E-state index contributed by atoms with van der Waals surface area (Å²) in [5.41, 5.74) is 7.71. The maximum absolute atomic E-state index is 5.77. The van der Waals surface area contributed by atoms with Crippen LogP contribution in [0.15, 0.2) is 77.2 Å². The number of thiazole rings is 1. The SMILES string of the molecule is Clc1ccc(-c2ccc(C=NNc3nc(-c4ccccc4)cs3)cc2)nn1. The first kappa shape index (κ1) is 17.3. The van der Waals surface area contributed by atoms with Crippen LogP contribution in [0.5, 0.6) is 0 Å². The van der Waals surface area contributed by atoms with E-state index in [1.54, 1.807) is 12.3 Å². The van der Waals surface area contributed by atoms with Crippen molar-refractivity contribution in [2.45, 2.75) is 0 Å². The lowest BCUT2D eigenvalue weighted by molar-refractivity contribution is 1.04. The molecule has 4 aromatic rings. The summed E-state index contributed by atoms with van der Waals surface area (Å²) < 4.78 is 0. The lowest BCUT2D eigenvalue weighted by Crippen LogP contribution is -1.91. The number of hydrazone groups is 1. The lowest BCUT2D eigenvalue weighted by Gasteiger charge is -2.00. The fourth-order valence-electron chi connectivity index (χ4n) is 2.44. The van der Waals surface area contributed by atoms with Crippen LogP contribution in [-0.2, 0) is 0 Å². The van der Waals surface area contributed by atoms with E-state index < -0.39 is 0 Å². The van der Waals surface area contributed by atoms with Crippen molar-refractivity contribution in [2.24, 2.45) is 5.10 Å². The van der Waals surface area contributed by atoms with Gasteiger partial charge in [-0.2, -0.15) is 5.10 Å². The molecule has 0 fully saturated rings. The van der Waals surface area contributed by atoms with Gasteiger partial charge in [0.05, 0.1) is 17.6 Å². The zero-order valence-corrected chi connectivity index (χ0v) is 15.7. The number of hydrogen-bond donors (Lipinski definition) is 1. The number of rotatable bonds is 5. The van der Waals surface area contributed by atoms with E-state index in [1.165, 1.54) is 11.3 Å². The van der Waals surface area contributed by atoms with Gasteiger partial charge in [-0.15, -0.1) is 21.5 Å². The van der Waals surface area contributed by atoms with E-state index in [1.807, 2.05) is 66.0 Å². The van der Waals surface area contributed by atoms with Crippen LogP contribution in [-0.4, -0.2) is 21.4 Å². The maximum atomic E-state index is 5.77. The Morgan fingerprint density at radius 2 is 1.63 bits per heavy atom. The van der Waals surface area contributed by atoms with Crippen LogP contribution in [0.2, 0.25) is 5.15 Å². The van der Waals surface area contributed by atoms with Crippen LogP contribution < -0.4 is 5.43 Å². The highest BCUT2D eigenvalue weighted by atomic mass is 35.5. The first-order valence-corrected chi connectivity index (χ1v) is 9.43. The van der Waals surface area contributed by atoms with Gasteiger partial charge < -0.3 is 0 Å². The lowest BCUT2D eigenvalue weighted by atomic mass is 10.1. The second-order valence-electron chi connectivity index (χ2n) is 5.64. The van der Waals surface area contributed by atoms with Gasteiger partial charge in [-0.1, -0.05) is 66.2 Å². The van der Waals surface area contributed by atoms with Gasteiger partial charge in [0.1, 0.15) is 0 Å². The van der Waals surface area contributed by atoms with Gasteiger partial charge in [0.25, 0.3) is 0 Å². The Balaban J connectivity index is 1.40. The summed E-state index contributed by atoms with van der Waals surface area (Å²) in [5, 5.41) is 15.3. The molecule has 0 radical (unpaired) electrons. The highest BCUT2D eigenvalue weighted by Crippen LogP contribution is 2.24. The normalized spacial score (nSPS) is 11.0. The first-order valence-electron chi connectivity index (χ1n) is 8.18. The van der Waals surface area contributed by atoms with Gasteiger partial charge in [0.15, 0.2) is 5.15 Å². The number of halogens is 1. The van der Waals surface area contributed by atoms with Crippen LogP contribution in [0, 0.1) is 0 Å². The summed E-state index contributed by atoms with van der Waals surface area (Å²) in [4.78, 5) is 4.54. The van der Waals surface area contributed by atoms with E-state index in [4.69, 9.17) is 11.6 Å². The predicted octanol–water partition coefficient (Wildman–Crippen LogP) is 5.37. The van der Waals surface area contributed by atoms with Crippen molar-refractivity contribution < 1.29 is 0 Å². The quantitative estimate of drug-likeness (QED) is 0.367. The van der Waals surface area contributed by atoms with Gasteiger partial charge in [-0.3, -0.25) is 5.43 Å². The van der Waals surface area contributed by atoms with E-state index in [0.29, 0.717) is 5.15 Å². The van der Waals surface area contributed by atoms with Gasteiger partial charge in [-0.05, 0) is 17.7 Å². The van der Waals surface area contributed by atoms with Gasteiger partial charge in [-0.25, -0.2) is 4.98 Å². The molecule has 132 valence electrons. The monoisotopic (exact) mass is 391 g/mol. The Hall–Kier alpha value is -3.09. The number of benzene rings is 2. The first-order chi connectivity index (χ1) is 13.3. The van der Waals surface area contributed by atoms with Gasteiger partial charge in [0.2, 0.25) is 5.13 Å². The van der Waals surface area contributed by atoms with Crippen molar-refractivity contribution in [3.8, 4) is 22.5 Å². The predicted molar refractivity (Wildman–Crippen MR) is 111 cm³/mol. The minimum absolute atomic E-state index is 0.381. The van der Waals surface area contributed by atoms with Crippen LogP contribution >= 0.6 is 22.9 Å². The molecule has 0 aliphatic rings. The molecule has 2 aromatic heterocycles. The Morgan fingerprint density at radius 1 is 0.852 bits per heavy atom. The van der Waals surface area contributed by atoms with Crippen LogP contribution in [0.1, 0.15) is 5.56 Å². The number of hydrogen-bond acceptors (Lipinski definition) is 6. The molecule has 2 heterocycles. The Bertz CT molecular complexity index is 1040. The topological polar surface area (TPSA) is 63.1 Å². The fraction of sp³-hybridized carbons (Fsp3) is 0. The molecule has 0 unspecified atom stereocenters. The van der Waals surface area contributed by atoms with Gasteiger partial charge in [0, 0.05) is 16.5 Å². The zero-order valence-electron chi connectivity index (χ0n) is 14.1. The third kappa shape index (κ3) is 4.36. The third-order valence-electron chi connectivity index (χ3n) is 3.79. The molecule has 2 aromatic carbocycles. The van der Waals surface area contributed by atoms with Crippen LogP contribution in [0.25, 0.3) is 22.5 Å². The summed E-state index contributed by atoms with van der Waals surface area (Å²) in [6.07, 6.45) is 1.75. The van der Waals surface area contributed by atoms with E-state index in [2.05, 4.69) is 25.7 Å². The number of anilines is 1. The van der Waals surface area contributed by atoms with Crippen molar-refractivity contribution in [3.05, 3.63) is 82.8 Å². The van der Waals surface area contributed by atoms with Crippen molar-refractivity contribution in [1.29, 1.82) is 0 Å². The minimum Gasteiger partial charge on any atom is -0.253 e. The second-order valence-corrected chi connectivity index (χ2v) is 6.88. The van der Waals surface area contributed by atoms with Crippen molar-refractivity contribution in [3.63, 3.8) is 0 Å². The molecule has 0 saturated heterocycles. The molecule has 0 aliphatic heterocycles. The van der Waals surface area contributed by atoms with Crippen molar-refractivity contribution >= 4 is 34.3 Å². The highest BCUT2D eigenvalue weighted by molar-refractivity contribution is 7.14. The molecular weight excluding hydrogens is 378 g/mol. The summed E-state index contributed by atoms with van der Waals surface area (Å²) in [6.45, 7) is 0. The molecule has 7 heteroatoms. The molecule has 27 heavy (non-hydrogen) atoms. The minimum atomic E-state index is 0.381. The average molecular weight is 392 g/mol. The molecule has 0 bridgehead atoms. The van der Waals surface area contributed by atoms with Crippen molar-refractivity contribution in [2.75, 3.05) is 5.43 Å². The standard InChI is InChI=1S/C20H14ClN5S/c21-19-11-10-17(24-25-19)16-8-6-14(7-9-16)12-22-26-20-23-18(13-27-20)15-4-2-1-3-5-15/h1-13H,(H,23,26). The molecule has 0 amide bonds. The molecule has 5 nitrogen and oxygen atoms in total. The van der Waals surface area contributed by atoms with Crippen molar-refractivity contribution in [1.82, 2.24) is 15.2 Å². The van der Waals surface area contributed by atoms with Gasteiger partial charge >= 0.3 is 0 Å². The number of nitrogens with one attached hydrogen (secondary N) is 1. The summed E-state index contributed by atoms with van der Waals surface area (Å²) in [6, 6.07) is 21.5. The number of nitrogens with zero attached hydrogens (tertiary/aromatic N) is 4. The van der Waals surface area contributed by atoms with E-state index in [-0.39, 0.29) is 0 Å². The summed E-state index contributed by atoms with van der Waals surface area (Å²) in [7, 11) is 0. The second kappa shape index (κ2) is 8.07. The molecule has 0 atom stereocenters. The largest absolute Gasteiger partial charge is 0.253 e. The molecule has 4 rings (SSSR count). The van der Waals surface area contributed by atoms with E-state index in [0.717, 1.165) is 33.2 Å². The third-order valence-corrected chi connectivity index (χ3v) is 4.73. The smallest absolute Gasteiger partial charge is 0.203 e. The fourth-order valence-corrected chi connectivity index (χ4v) is 3.21. The molecule has 0 aliphatic carbocycles. The Morgan fingerprint density at radius 3 is 2.37 bits per heavy atom. The molecule has 0 saturated carbocycles. The molecule has 1 N–H and O–H groups in total. The van der Waals surface area contributed by atoms with Crippen LogP contribution in [0.4, 0.5) is 5.13 Å². The summed E-state index contributed by atoms with van der Waals surface area (Å²) in [5.74, 6) is 0. The Labute approximate surface area is 165 Å². The zero-order chi connectivity index (χ0) is 18.5.